The summed E-state index contributed by atoms with van der Waals surface area (Å²) in [6, 6.07) is 6.28. The standard InChI is InChI=1S/C12H5Cl5O/c13-7-3-5(1-2-9(7)18)6-4-8(14)11(16)12(17)10(6)15/h1-4,18H. The van der Waals surface area contributed by atoms with E-state index >= 15 is 0 Å². The maximum atomic E-state index is 9.38. The third-order valence-electron chi connectivity index (χ3n) is 2.36. The van der Waals surface area contributed by atoms with Crippen LogP contribution in [0.15, 0.2) is 24.3 Å². The average molecular weight is 342 g/mol. The molecule has 94 valence electrons. The molecular formula is C12H5Cl5O. The molecule has 0 aliphatic heterocycles. The lowest BCUT2D eigenvalue weighted by Crippen LogP contribution is -1.84. The van der Waals surface area contributed by atoms with E-state index in [4.69, 9.17) is 58.0 Å². The van der Waals surface area contributed by atoms with Gasteiger partial charge < -0.3 is 5.11 Å². The first-order chi connectivity index (χ1) is 8.41. The van der Waals surface area contributed by atoms with Crippen LogP contribution in [0, 0.1) is 0 Å². The predicted molar refractivity (Wildman–Crippen MR) is 78.6 cm³/mol. The van der Waals surface area contributed by atoms with Crippen molar-refractivity contribution in [2.75, 3.05) is 0 Å². The second kappa shape index (κ2) is 5.36. The van der Waals surface area contributed by atoms with Gasteiger partial charge in [0.05, 0.1) is 25.1 Å². The maximum absolute atomic E-state index is 9.38. The highest BCUT2D eigenvalue weighted by molar-refractivity contribution is 6.52. The Morgan fingerprint density at radius 1 is 0.722 bits per heavy atom. The van der Waals surface area contributed by atoms with Crippen molar-refractivity contribution in [2.24, 2.45) is 0 Å². The predicted octanol–water partition coefficient (Wildman–Crippen LogP) is 6.33. The summed E-state index contributed by atoms with van der Waals surface area (Å²) in [6.45, 7) is 0. The highest BCUT2D eigenvalue weighted by atomic mass is 35.5. The Morgan fingerprint density at radius 3 is 2.00 bits per heavy atom. The molecule has 1 N–H and O–H groups in total. The number of phenols is 1. The summed E-state index contributed by atoms with van der Waals surface area (Å²) in [6.07, 6.45) is 0. The van der Waals surface area contributed by atoms with E-state index in [1.807, 2.05) is 0 Å². The molecule has 2 aromatic carbocycles. The number of hydrogen-bond donors (Lipinski definition) is 1. The molecule has 6 heteroatoms. The first kappa shape index (κ1) is 14.1. The molecule has 0 atom stereocenters. The van der Waals surface area contributed by atoms with E-state index in [1.54, 1.807) is 18.2 Å². The lowest BCUT2D eigenvalue weighted by molar-refractivity contribution is 0.475. The van der Waals surface area contributed by atoms with E-state index < -0.39 is 0 Å². The Hall–Kier alpha value is -0.310. The third kappa shape index (κ3) is 2.52. The van der Waals surface area contributed by atoms with Crippen LogP contribution in [0.5, 0.6) is 5.75 Å². The van der Waals surface area contributed by atoms with E-state index in [-0.39, 0.29) is 25.8 Å². The average Bonchev–Trinajstić information content (AvgIpc) is 2.35. The third-order valence-corrected chi connectivity index (χ3v) is 4.42. The van der Waals surface area contributed by atoms with E-state index in [0.717, 1.165) is 0 Å². The van der Waals surface area contributed by atoms with Gasteiger partial charge in [-0.1, -0.05) is 64.1 Å². The van der Waals surface area contributed by atoms with Gasteiger partial charge in [-0.3, -0.25) is 0 Å². The fourth-order valence-corrected chi connectivity index (χ4v) is 2.55. The molecule has 0 amide bonds. The van der Waals surface area contributed by atoms with E-state index in [0.29, 0.717) is 16.1 Å². The van der Waals surface area contributed by atoms with Crippen molar-refractivity contribution < 1.29 is 5.11 Å². The van der Waals surface area contributed by atoms with Crippen molar-refractivity contribution in [3.05, 3.63) is 49.4 Å². The summed E-state index contributed by atoms with van der Waals surface area (Å²) in [7, 11) is 0. The molecule has 0 aromatic heterocycles. The molecule has 0 unspecified atom stereocenters. The fourth-order valence-electron chi connectivity index (χ4n) is 1.46. The Kier molecular flexibility index (Phi) is 4.20. The van der Waals surface area contributed by atoms with Gasteiger partial charge in [-0.25, -0.2) is 0 Å². The molecule has 2 aromatic rings. The van der Waals surface area contributed by atoms with Gasteiger partial charge >= 0.3 is 0 Å². The van der Waals surface area contributed by atoms with Crippen molar-refractivity contribution in [2.45, 2.75) is 0 Å². The molecule has 0 bridgehead atoms. The Labute approximate surface area is 129 Å². The van der Waals surface area contributed by atoms with Crippen LogP contribution in [-0.2, 0) is 0 Å². The lowest BCUT2D eigenvalue weighted by atomic mass is 10.1. The van der Waals surface area contributed by atoms with Crippen LogP contribution in [0.2, 0.25) is 25.1 Å². The molecule has 0 spiro atoms. The van der Waals surface area contributed by atoms with Gasteiger partial charge in [-0.15, -0.1) is 0 Å². The summed E-state index contributed by atoms with van der Waals surface area (Å²) in [4.78, 5) is 0. The summed E-state index contributed by atoms with van der Waals surface area (Å²) in [5.74, 6) is -0.0114. The molecule has 18 heavy (non-hydrogen) atoms. The summed E-state index contributed by atoms with van der Waals surface area (Å²) >= 11 is 29.8. The summed E-state index contributed by atoms with van der Waals surface area (Å²) in [5.41, 5.74) is 1.28. The van der Waals surface area contributed by atoms with Crippen LogP contribution < -0.4 is 0 Å². The minimum absolute atomic E-state index is 0.0114. The first-order valence-electron chi connectivity index (χ1n) is 4.73. The number of halogens is 5. The van der Waals surface area contributed by atoms with Crippen LogP contribution in [0.1, 0.15) is 0 Å². The Morgan fingerprint density at radius 2 is 1.39 bits per heavy atom. The van der Waals surface area contributed by atoms with Crippen molar-refractivity contribution in [1.29, 1.82) is 0 Å². The normalized spacial score (nSPS) is 10.7. The highest BCUT2D eigenvalue weighted by Crippen LogP contribution is 2.43. The topological polar surface area (TPSA) is 20.2 Å². The van der Waals surface area contributed by atoms with Gasteiger partial charge in [0.2, 0.25) is 0 Å². The zero-order chi connectivity index (χ0) is 13.4. The van der Waals surface area contributed by atoms with Crippen molar-refractivity contribution in [3.8, 4) is 16.9 Å². The van der Waals surface area contributed by atoms with Gasteiger partial charge in [0.1, 0.15) is 5.75 Å². The maximum Gasteiger partial charge on any atom is 0.134 e. The zero-order valence-electron chi connectivity index (χ0n) is 8.65. The molecular weight excluding hydrogens is 337 g/mol. The van der Waals surface area contributed by atoms with Crippen molar-refractivity contribution in [1.82, 2.24) is 0 Å². The first-order valence-corrected chi connectivity index (χ1v) is 6.62. The smallest absolute Gasteiger partial charge is 0.134 e. The van der Waals surface area contributed by atoms with E-state index in [1.165, 1.54) is 6.07 Å². The number of aromatic hydroxyl groups is 1. The minimum Gasteiger partial charge on any atom is -0.506 e. The lowest BCUT2D eigenvalue weighted by Gasteiger charge is -2.10. The van der Waals surface area contributed by atoms with Crippen LogP contribution in [0.4, 0.5) is 0 Å². The second-order valence-corrected chi connectivity index (χ2v) is 5.46. The quantitative estimate of drug-likeness (QED) is 0.474. The molecule has 0 heterocycles. The molecule has 0 aliphatic carbocycles. The van der Waals surface area contributed by atoms with Gasteiger partial charge in [0, 0.05) is 5.56 Å². The Bertz CT molecular complexity index is 624. The van der Waals surface area contributed by atoms with Crippen molar-refractivity contribution >= 4 is 58.0 Å². The van der Waals surface area contributed by atoms with E-state index in [2.05, 4.69) is 0 Å². The zero-order valence-corrected chi connectivity index (χ0v) is 12.4. The highest BCUT2D eigenvalue weighted by Gasteiger charge is 2.15. The molecule has 0 aliphatic rings. The SMILES string of the molecule is Oc1ccc(-c2cc(Cl)c(Cl)c(Cl)c2Cl)cc1Cl. The van der Waals surface area contributed by atoms with Gasteiger partial charge in [0.25, 0.3) is 0 Å². The van der Waals surface area contributed by atoms with Crippen LogP contribution in [0.3, 0.4) is 0 Å². The fraction of sp³-hybridized carbons (Fsp3) is 0. The number of benzene rings is 2. The summed E-state index contributed by atoms with van der Waals surface area (Å²) < 4.78 is 0. The molecule has 0 fully saturated rings. The molecule has 0 saturated carbocycles. The molecule has 1 nitrogen and oxygen atoms in total. The monoisotopic (exact) mass is 340 g/mol. The van der Waals surface area contributed by atoms with Crippen LogP contribution in [-0.4, -0.2) is 5.11 Å². The van der Waals surface area contributed by atoms with Crippen LogP contribution >= 0.6 is 58.0 Å². The minimum atomic E-state index is -0.0114. The van der Waals surface area contributed by atoms with Gasteiger partial charge in [-0.05, 0) is 23.8 Å². The Balaban J connectivity index is 2.67. The molecule has 2 rings (SSSR count). The van der Waals surface area contributed by atoms with Crippen molar-refractivity contribution in [3.63, 3.8) is 0 Å². The number of hydrogen-bond acceptors (Lipinski definition) is 1. The summed E-state index contributed by atoms with van der Waals surface area (Å²) in [5, 5.41) is 10.6. The molecule has 0 saturated heterocycles. The number of rotatable bonds is 1. The largest absolute Gasteiger partial charge is 0.506 e. The van der Waals surface area contributed by atoms with Gasteiger partial charge in [-0.2, -0.15) is 0 Å². The number of phenolic OH excluding ortho intramolecular Hbond substituents is 1. The second-order valence-electron chi connectivity index (χ2n) is 3.51. The van der Waals surface area contributed by atoms with Crippen LogP contribution in [0.25, 0.3) is 11.1 Å². The molecule has 0 radical (unpaired) electrons. The van der Waals surface area contributed by atoms with E-state index in [9.17, 15) is 5.11 Å². The van der Waals surface area contributed by atoms with Gasteiger partial charge in [0.15, 0.2) is 0 Å².